The van der Waals surface area contributed by atoms with Gasteiger partial charge in [0.2, 0.25) is 0 Å². The molecule has 0 spiro atoms. The maximum atomic E-state index is 11.7. The fourth-order valence-corrected chi connectivity index (χ4v) is 3.19. The molecule has 0 amide bonds. The number of rotatable bonds is 6. The maximum Gasteiger partial charge on any atom is 0.325 e. The largest absolute Gasteiger partial charge is 0.481 e. The Bertz CT molecular complexity index is 408. The summed E-state index contributed by atoms with van der Waals surface area (Å²) in [7, 11) is 0. The van der Waals surface area contributed by atoms with Crippen LogP contribution in [0.1, 0.15) is 40.0 Å². The molecule has 0 bridgehead atoms. The van der Waals surface area contributed by atoms with Crippen LogP contribution in [0.3, 0.4) is 0 Å². The van der Waals surface area contributed by atoms with E-state index in [1.807, 2.05) is 6.07 Å². The van der Waals surface area contributed by atoms with Crippen molar-refractivity contribution in [3.8, 4) is 6.07 Å². The molecule has 0 saturated heterocycles. The molecule has 1 rings (SSSR count). The summed E-state index contributed by atoms with van der Waals surface area (Å²) in [5, 5.41) is 28.5. The fourth-order valence-electron chi connectivity index (χ4n) is 3.19. The van der Waals surface area contributed by atoms with Crippen LogP contribution in [0, 0.1) is 34.0 Å². The SMILES string of the molecule is CCC(C(=O)O)(C1CC1)C(C#N)(C(=O)O)C(C)C. The lowest BCUT2D eigenvalue weighted by molar-refractivity contribution is -0.176. The summed E-state index contributed by atoms with van der Waals surface area (Å²) in [5.74, 6) is -3.25. The highest BCUT2D eigenvalue weighted by Gasteiger charge is 2.68. The molecule has 18 heavy (non-hydrogen) atoms. The van der Waals surface area contributed by atoms with Gasteiger partial charge >= 0.3 is 11.9 Å². The van der Waals surface area contributed by atoms with Gasteiger partial charge < -0.3 is 10.2 Å². The van der Waals surface area contributed by atoms with E-state index < -0.39 is 28.7 Å². The first kappa shape index (κ1) is 14.5. The average molecular weight is 253 g/mol. The standard InChI is InChI=1S/C13H19NO4/c1-4-12(10(15)16,9-5-6-9)13(7-14,8(2)3)11(17)18/h8-9H,4-6H2,1-3H3,(H,15,16)(H,17,18). The minimum Gasteiger partial charge on any atom is -0.481 e. The van der Waals surface area contributed by atoms with E-state index in [2.05, 4.69) is 0 Å². The molecule has 5 heteroatoms. The van der Waals surface area contributed by atoms with E-state index in [1.54, 1.807) is 20.8 Å². The summed E-state index contributed by atoms with van der Waals surface area (Å²) >= 11 is 0. The normalized spacial score (nSPS) is 21.7. The van der Waals surface area contributed by atoms with Crippen molar-refractivity contribution in [1.29, 1.82) is 5.26 Å². The van der Waals surface area contributed by atoms with Crippen molar-refractivity contribution >= 4 is 11.9 Å². The Labute approximate surface area is 106 Å². The topological polar surface area (TPSA) is 98.4 Å². The molecule has 0 aliphatic heterocycles. The zero-order valence-corrected chi connectivity index (χ0v) is 10.9. The zero-order chi connectivity index (χ0) is 14.1. The van der Waals surface area contributed by atoms with Crippen LogP contribution < -0.4 is 0 Å². The molecule has 0 radical (unpaired) electrons. The van der Waals surface area contributed by atoms with E-state index in [-0.39, 0.29) is 12.3 Å². The molecule has 1 saturated carbocycles. The summed E-state index contributed by atoms with van der Waals surface area (Å²) in [6.07, 6.45) is 1.53. The van der Waals surface area contributed by atoms with Gasteiger partial charge in [0, 0.05) is 0 Å². The summed E-state index contributed by atoms with van der Waals surface area (Å²) in [5.41, 5.74) is -3.35. The number of hydrogen-bond donors (Lipinski definition) is 2. The van der Waals surface area contributed by atoms with Crippen LogP contribution >= 0.6 is 0 Å². The minimum atomic E-state index is -1.87. The van der Waals surface area contributed by atoms with Crippen molar-refractivity contribution in [1.82, 2.24) is 0 Å². The Hall–Kier alpha value is -1.57. The molecule has 2 unspecified atom stereocenters. The molecule has 1 aliphatic rings. The van der Waals surface area contributed by atoms with Crippen molar-refractivity contribution in [3.05, 3.63) is 0 Å². The van der Waals surface area contributed by atoms with E-state index in [4.69, 9.17) is 0 Å². The number of hydrogen-bond acceptors (Lipinski definition) is 3. The van der Waals surface area contributed by atoms with Gasteiger partial charge in [-0.3, -0.25) is 9.59 Å². The van der Waals surface area contributed by atoms with Gasteiger partial charge in [0.15, 0.2) is 5.41 Å². The molecule has 2 N–H and O–H groups in total. The molecule has 1 aliphatic carbocycles. The van der Waals surface area contributed by atoms with Crippen molar-refractivity contribution in [3.63, 3.8) is 0 Å². The Morgan fingerprint density at radius 3 is 2.00 bits per heavy atom. The molecule has 5 nitrogen and oxygen atoms in total. The zero-order valence-electron chi connectivity index (χ0n) is 10.9. The number of nitrogens with zero attached hydrogens (tertiary/aromatic N) is 1. The molecule has 100 valence electrons. The predicted molar refractivity (Wildman–Crippen MR) is 63.6 cm³/mol. The molecule has 0 aromatic rings. The summed E-state index contributed by atoms with van der Waals surface area (Å²) in [6, 6.07) is 1.83. The van der Waals surface area contributed by atoms with Gasteiger partial charge in [0.05, 0.1) is 11.5 Å². The van der Waals surface area contributed by atoms with Crippen LogP contribution in [-0.4, -0.2) is 22.2 Å². The van der Waals surface area contributed by atoms with Gasteiger partial charge in [-0.05, 0) is 31.1 Å². The third-order valence-electron chi connectivity index (χ3n) is 4.30. The van der Waals surface area contributed by atoms with Gasteiger partial charge in [0.1, 0.15) is 0 Å². The fraction of sp³-hybridized carbons (Fsp3) is 0.769. The van der Waals surface area contributed by atoms with E-state index in [0.717, 1.165) is 0 Å². The first-order valence-corrected chi connectivity index (χ1v) is 6.19. The van der Waals surface area contributed by atoms with Crippen molar-refractivity contribution < 1.29 is 19.8 Å². The first-order valence-electron chi connectivity index (χ1n) is 6.19. The van der Waals surface area contributed by atoms with Gasteiger partial charge in [0.25, 0.3) is 0 Å². The molecule has 0 aromatic carbocycles. The molecule has 2 atom stereocenters. The van der Waals surface area contributed by atoms with E-state index in [9.17, 15) is 25.1 Å². The van der Waals surface area contributed by atoms with Crippen molar-refractivity contribution in [2.75, 3.05) is 0 Å². The quantitative estimate of drug-likeness (QED) is 0.755. The maximum absolute atomic E-state index is 11.7. The van der Waals surface area contributed by atoms with Crippen LogP contribution in [0.25, 0.3) is 0 Å². The van der Waals surface area contributed by atoms with Crippen LogP contribution in [0.2, 0.25) is 0 Å². The average Bonchev–Trinajstić information content (AvgIpc) is 3.08. The molecular weight excluding hydrogens is 234 g/mol. The van der Waals surface area contributed by atoms with Crippen LogP contribution in [0.15, 0.2) is 0 Å². The lowest BCUT2D eigenvalue weighted by atomic mass is 9.55. The molecule has 0 heterocycles. The van der Waals surface area contributed by atoms with Gasteiger partial charge in [-0.25, -0.2) is 0 Å². The van der Waals surface area contributed by atoms with Gasteiger partial charge in [-0.2, -0.15) is 5.26 Å². The van der Waals surface area contributed by atoms with Crippen LogP contribution in [0.5, 0.6) is 0 Å². The third-order valence-corrected chi connectivity index (χ3v) is 4.30. The second-order valence-corrected chi connectivity index (χ2v) is 5.28. The predicted octanol–water partition coefficient (Wildman–Crippen LogP) is 2.13. The van der Waals surface area contributed by atoms with E-state index >= 15 is 0 Å². The number of carbonyl (C=O) groups is 2. The second kappa shape index (κ2) is 4.60. The Morgan fingerprint density at radius 2 is 1.83 bits per heavy atom. The van der Waals surface area contributed by atoms with Crippen molar-refractivity contribution in [2.45, 2.75) is 40.0 Å². The number of carboxylic acids is 2. The van der Waals surface area contributed by atoms with E-state index in [1.165, 1.54) is 0 Å². The Kier molecular flexibility index (Phi) is 3.70. The highest BCUT2D eigenvalue weighted by atomic mass is 16.4. The third kappa shape index (κ3) is 1.59. The first-order chi connectivity index (χ1) is 8.31. The molecule has 0 aromatic heterocycles. The van der Waals surface area contributed by atoms with Crippen LogP contribution in [0.4, 0.5) is 0 Å². The monoisotopic (exact) mass is 253 g/mol. The molecule has 1 fully saturated rings. The summed E-state index contributed by atoms with van der Waals surface area (Å²) < 4.78 is 0. The van der Waals surface area contributed by atoms with Gasteiger partial charge in [-0.1, -0.05) is 20.8 Å². The van der Waals surface area contributed by atoms with Crippen molar-refractivity contribution in [2.24, 2.45) is 22.7 Å². The van der Waals surface area contributed by atoms with Crippen LogP contribution in [-0.2, 0) is 9.59 Å². The number of aliphatic carboxylic acids is 2. The second-order valence-electron chi connectivity index (χ2n) is 5.28. The highest BCUT2D eigenvalue weighted by molar-refractivity contribution is 5.90. The lowest BCUT2D eigenvalue weighted by Gasteiger charge is -2.42. The summed E-state index contributed by atoms with van der Waals surface area (Å²) in [4.78, 5) is 23.4. The van der Waals surface area contributed by atoms with Gasteiger partial charge in [-0.15, -0.1) is 0 Å². The molecular formula is C13H19NO4. The Morgan fingerprint density at radius 1 is 1.33 bits per heavy atom. The number of nitriles is 1. The lowest BCUT2D eigenvalue weighted by Crippen LogP contribution is -2.56. The highest BCUT2D eigenvalue weighted by Crippen LogP contribution is 2.60. The smallest absolute Gasteiger partial charge is 0.325 e. The van der Waals surface area contributed by atoms with E-state index in [0.29, 0.717) is 12.8 Å². The Balaban J connectivity index is 3.54. The number of carboxylic acid groups (broad SMARTS) is 2. The minimum absolute atomic E-state index is 0.158. The summed E-state index contributed by atoms with van der Waals surface area (Å²) in [6.45, 7) is 4.87.